The van der Waals surface area contributed by atoms with Gasteiger partial charge in [0.25, 0.3) is 0 Å². The second-order valence-corrected chi connectivity index (χ2v) is 8.80. The molecule has 29 heavy (non-hydrogen) atoms. The number of hydrogen-bond donors (Lipinski definition) is 0. The van der Waals surface area contributed by atoms with Crippen molar-refractivity contribution in [2.24, 2.45) is 0 Å². The van der Waals surface area contributed by atoms with Crippen LogP contribution >= 0.6 is 0 Å². The summed E-state index contributed by atoms with van der Waals surface area (Å²) in [6, 6.07) is 0. The maximum absolute atomic E-state index is 12.1. The minimum absolute atomic E-state index is 0.0300. The van der Waals surface area contributed by atoms with Crippen molar-refractivity contribution in [3.05, 3.63) is 0 Å². The first kappa shape index (κ1) is 28.4. The molecule has 0 bridgehead atoms. The van der Waals surface area contributed by atoms with Crippen LogP contribution in [0.3, 0.4) is 0 Å². The van der Waals surface area contributed by atoms with Crippen molar-refractivity contribution < 1.29 is 9.53 Å². The van der Waals surface area contributed by atoms with Gasteiger partial charge in [0.15, 0.2) is 0 Å². The van der Waals surface area contributed by atoms with Crippen molar-refractivity contribution in [2.45, 2.75) is 136 Å². The summed E-state index contributed by atoms with van der Waals surface area (Å²) in [6.45, 7) is 9.84. The van der Waals surface area contributed by atoms with Gasteiger partial charge in [0.05, 0.1) is 13.2 Å². The average molecular weight is 412 g/mol. The van der Waals surface area contributed by atoms with E-state index in [2.05, 4.69) is 25.7 Å². The highest BCUT2D eigenvalue weighted by Gasteiger charge is 2.11. The number of nitrogens with zero attached hydrogens (tertiary/aromatic N) is 1. The summed E-state index contributed by atoms with van der Waals surface area (Å²) in [4.78, 5) is 14.5. The lowest BCUT2D eigenvalue weighted by molar-refractivity contribution is -0.145. The third kappa shape index (κ3) is 21.9. The molecule has 0 aromatic heterocycles. The molecule has 0 rings (SSSR count). The van der Waals surface area contributed by atoms with Gasteiger partial charge in [-0.05, 0) is 32.4 Å². The van der Waals surface area contributed by atoms with E-state index in [0.717, 1.165) is 25.9 Å². The SMILES string of the molecule is CCCCCCCCCCN(CCCCCCCCCC)CC(=O)OCCCC. The Morgan fingerprint density at radius 3 is 1.34 bits per heavy atom. The lowest BCUT2D eigenvalue weighted by Crippen LogP contribution is -2.33. The van der Waals surface area contributed by atoms with Crippen LogP contribution in [0.4, 0.5) is 0 Å². The van der Waals surface area contributed by atoms with Gasteiger partial charge in [0, 0.05) is 0 Å². The van der Waals surface area contributed by atoms with Crippen LogP contribution in [0.5, 0.6) is 0 Å². The van der Waals surface area contributed by atoms with Gasteiger partial charge in [-0.3, -0.25) is 9.69 Å². The summed E-state index contributed by atoms with van der Waals surface area (Å²) in [5.41, 5.74) is 0. The highest BCUT2D eigenvalue weighted by Crippen LogP contribution is 2.11. The molecule has 0 radical (unpaired) electrons. The van der Waals surface area contributed by atoms with Gasteiger partial charge >= 0.3 is 5.97 Å². The Morgan fingerprint density at radius 2 is 0.931 bits per heavy atom. The first-order valence-corrected chi connectivity index (χ1v) is 13.1. The quantitative estimate of drug-likeness (QED) is 0.126. The zero-order valence-corrected chi connectivity index (χ0v) is 20.3. The van der Waals surface area contributed by atoms with Crippen molar-refractivity contribution in [2.75, 3.05) is 26.2 Å². The Labute approximate surface area is 183 Å². The summed E-state index contributed by atoms with van der Waals surface area (Å²) in [6.07, 6.45) is 23.5. The molecule has 3 heteroatoms. The maximum atomic E-state index is 12.1. The van der Waals surface area contributed by atoms with E-state index in [-0.39, 0.29) is 5.97 Å². The first-order valence-electron chi connectivity index (χ1n) is 13.1. The molecule has 0 aliphatic rings. The minimum Gasteiger partial charge on any atom is -0.465 e. The highest BCUT2D eigenvalue weighted by molar-refractivity contribution is 5.71. The number of esters is 1. The van der Waals surface area contributed by atoms with Crippen molar-refractivity contribution in [3.63, 3.8) is 0 Å². The molecule has 3 nitrogen and oxygen atoms in total. The standard InChI is InChI=1S/C26H53NO2/c1-4-7-10-12-14-16-18-20-22-27(25-26(28)29-24-9-6-3)23-21-19-17-15-13-11-8-5-2/h4-25H2,1-3H3. The van der Waals surface area contributed by atoms with E-state index in [4.69, 9.17) is 4.74 Å². The van der Waals surface area contributed by atoms with Gasteiger partial charge < -0.3 is 4.74 Å². The molecule has 0 aliphatic heterocycles. The molecular weight excluding hydrogens is 358 g/mol. The molecule has 0 N–H and O–H groups in total. The van der Waals surface area contributed by atoms with E-state index in [9.17, 15) is 4.79 Å². The van der Waals surface area contributed by atoms with Crippen LogP contribution in [0.2, 0.25) is 0 Å². The van der Waals surface area contributed by atoms with Gasteiger partial charge in [-0.15, -0.1) is 0 Å². The molecule has 0 aromatic rings. The zero-order valence-electron chi connectivity index (χ0n) is 20.3. The van der Waals surface area contributed by atoms with Crippen molar-refractivity contribution >= 4 is 5.97 Å². The maximum Gasteiger partial charge on any atom is 0.320 e. The number of hydrogen-bond acceptors (Lipinski definition) is 3. The molecule has 0 atom stereocenters. The van der Waals surface area contributed by atoms with E-state index < -0.39 is 0 Å². The van der Waals surface area contributed by atoms with E-state index >= 15 is 0 Å². The van der Waals surface area contributed by atoms with Gasteiger partial charge in [-0.2, -0.15) is 0 Å². The normalized spacial score (nSPS) is 11.3. The van der Waals surface area contributed by atoms with Gasteiger partial charge in [0.1, 0.15) is 0 Å². The zero-order chi connectivity index (χ0) is 21.4. The number of rotatable bonds is 23. The molecule has 0 fully saturated rings. The Kier molecular flexibility index (Phi) is 23.2. The van der Waals surface area contributed by atoms with Gasteiger partial charge in [0.2, 0.25) is 0 Å². The summed E-state index contributed by atoms with van der Waals surface area (Å²) in [7, 11) is 0. The molecule has 0 saturated carbocycles. The smallest absolute Gasteiger partial charge is 0.320 e. The minimum atomic E-state index is -0.0300. The largest absolute Gasteiger partial charge is 0.465 e. The number of carbonyl (C=O) groups is 1. The molecule has 0 spiro atoms. The van der Waals surface area contributed by atoms with E-state index in [1.54, 1.807) is 0 Å². The van der Waals surface area contributed by atoms with E-state index in [0.29, 0.717) is 13.2 Å². The predicted molar refractivity (Wildman–Crippen MR) is 128 cm³/mol. The van der Waals surface area contributed by atoms with Crippen molar-refractivity contribution in [1.29, 1.82) is 0 Å². The lowest BCUT2D eigenvalue weighted by atomic mass is 10.1. The van der Waals surface area contributed by atoms with Crippen LogP contribution in [0, 0.1) is 0 Å². The average Bonchev–Trinajstić information content (AvgIpc) is 2.71. The third-order valence-corrected chi connectivity index (χ3v) is 5.77. The molecular formula is C26H53NO2. The third-order valence-electron chi connectivity index (χ3n) is 5.77. The molecule has 0 unspecified atom stereocenters. The molecule has 0 amide bonds. The fourth-order valence-corrected chi connectivity index (χ4v) is 3.77. The molecule has 0 heterocycles. The Balaban J connectivity index is 3.95. The Bertz CT molecular complexity index is 313. The van der Waals surface area contributed by atoms with Crippen molar-refractivity contribution in [1.82, 2.24) is 4.90 Å². The van der Waals surface area contributed by atoms with E-state index in [1.807, 2.05) is 0 Å². The van der Waals surface area contributed by atoms with Crippen LogP contribution in [0.15, 0.2) is 0 Å². The monoisotopic (exact) mass is 411 g/mol. The molecule has 174 valence electrons. The van der Waals surface area contributed by atoms with Gasteiger partial charge in [-0.25, -0.2) is 0 Å². The summed E-state index contributed by atoms with van der Waals surface area (Å²) < 4.78 is 5.40. The van der Waals surface area contributed by atoms with Crippen molar-refractivity contribution in [3.8, 4) is 0 Å². The van der Waals surface area contributed by atoms with Crippen LogP contribution < -0.4 is 0 Å². The van der Waals surface area contributed by atoms with Gasteiger partial charge in [-0.1, -0.05) is 117 Å². The van der Waals surface area contributed by atoms with E-state index in [1.165, 1.54) is 103 Å². The summed E-state index contributed by atoms with van der Waals surface area (Å²) >= 11 is 0. The predicted octanol–water partition coefficient (Wildman–Crippen LogP) is 7.91. The molecule has 0 aromatic carbocycles. The summed E-state index contributed by atoms with van der Waals surface area (Å²) in [5, 5.41) is 0. The molecule has 0 aliphatic carbocycles. The fraction of sp³-hybridized carbons (Fsp3) is 0.962. The number of ether oxygens (including phenoxy) is 1. The highest BCUT2D eigenvalue weighted by atomic mass is 16.5. The Morgan fingerprint density at radius 1 is 0.552 bits per heavy atom. The fourth-order valence-electron chi connectivity index (χ4n) is 3.77. The second-order valence-electron chi connectivity index (χ2n) is 8.80. The van der Waals surface area contributed by atoms with Crippen LogP contribution in [-0.4, -0.2) is 37.1 Å². The number of carbonyl (C=O) groups excluding carboxylic acids is 1. The topological polar surface area (TPSA) is 29.5 Å². The van der Waals surface area contributed by atoms with Crippen LogP contribution in [0.25, 0.3) is 0 Å². The van der Waals surface area contributed by atoms with Crippen LogP contribution in [-0.2, 0) is 9.53 Å². The van der Waals surface area contributed by atoms with Crippen LogP contribution in [0.1, 0.15) is 136 Å². The lowest BCUT2D eigenvalue weighted by Gasteiger charge is -2.21. The first-order chi connectivity index (χ1) is 14.2. The second kappa shape index (κ2) is 23.7. The summed E-state index contributed by atoms with van der Waals surface area (Å²) in [5.74, 6) is -0.0300. The Hall–Kier alpha value is -0.570. The number of unbranched alkanes of at least 4 members (excludes halogenated alkanes) is 15. The molecule has 0 saturated heterocycles.